The lowest BCUT2D eigenvalue weighted by Crippen LogP contribution is -2.07. The number of nitrogens with zero attached hydrogens (tertiary/aromatic N) is 1. The van der Waals surface area contributed by atoms with Gasteiger partial charge in [0.25, 0.3) is 0 Å². The van der Waals surface area contributed by atoms with Crippen molar-refractivity contribution in [2.45, 2.75) is 13.0 Å². The maximum Gasteiger partial charge on any atom is 0.224 e. The monoisotopic (exact) mass is 310 g/mol. The molecule has 1 heterocycles. The topological polar surface area (TPSA) is 48.1 Å². The van der Waals surface area contributed by atoms with Crippen molar-refractivity contribution in [2.24, 2.45) is 5.73 Å². The summed E-state index contributed by atoms with van der Waals surface area (Å²) in [5, 5.41) is 0. The van der Waals surface area contributed by atoms with E-state index >= 15 is 0 Å². The predicted octanol–water partition coefficient (Wildman–Crippen LogP) is 3.80. The first-order chi connectivity index (χ1) is 8.58. The van der Waals surface area contributed by atoms with E-state index in [0.717, 1.165) is 5.56 Å². The largest absolute Gasteiger partial charge is 0.437 e. The second-order valence-electron chi connectivity index (χ2n) is 3.86. The lowest BCUT2D eigenvalue weighted by molar-refractivity contribution is 0.448. The number of halogens is 2. The van der Waals surface area contributed by atoms with Gasteiger partial charge in [-0.3, -0.25) is 0 Å². The first kappa shape index (κ1) is 13.0. The van der Waals surface area contributed by atoms with E-state index in [9.17, 15) is 4.39 Å². The summed E-state index contributed by atoms with van der Waals surface area (Å²) in [6.45, 7) is 1.85. The van der Waals surface area contributed by atoms with Crippen LogP contribution in [-0.4, -0.2) is 4.98 Å². The molecule has 0 radical (unpaired) electrons. The maximum atomic E-state index is 13.0. The van der Waals surface area contributed by atoms with Crippen molar-refractivity contribution in [2.75, 3.05) is 0 Å². The molecule has 0 saturated carbocycles. The van der Waals surface area contributed by atoms with E-state index in [-0.39, 0.29) is 11.9 Å². The van der Waals surface area contributed by atoms with E-state index in [4.69, 9.17) is 10.5 Å². The van der Waals surface area contributed by atoms with Gasteiger partial charge in [0.05, 0.1) is 4.47 Å². The van der Waals surface area contributed by atoms with Crippen molar-refractivity contribution in [1.82, 2.24) is 4.98 Å². The molecule has 0 saturated heterocycles. The summed E-state index contributed by atoms with van der Waals surface area (Å²) < 4.78 is 19.2. The minimum atomic E-state index is -0.331. The number of rotatable bonds is 3. The van der Waals surface area contributed by atoms with Crippen LogP contribution in [0.1, 0.15) is 18.5 Å². The maximum absolute atomic E-state index is 13.0. The van der Waals surface area contributed by atoms with Crippen molar-refractivity contribution in [3.8, 4) is 11.6 Å². The van der Waals surface area contributed by atoms with Crippen LogP contribution in [0.25, 0.3) is 0 Å². The average molecular weight is 311 g/mol. The average Bonchev–Trinajstić information content (AvgIpc) is 2.33. The molecular formula is C13H12BrFN2O. The standard InChI is InChI=1S/C13H12BrFN2O/c1-8(16)10-3-2-6-17-13(10)18-12-5-4-9(15)7-11(12)14/h2-8H,16H2,1H3/t8-/m0/s1. The van der Waals surface area contributed by atoms with Crippen molar-refractivity contribution in [3.63, 3.8) is 0 Å². The van der Waals surface area contributed by atoms with Crippen LogP contribution in [0.15, 0.2) is 41.0 Å². The molecule has 94 valence electrons. The highest BCUT2D eigenvalue weighted by Gasteiger charge is 2.11. The van der Waals surface area contributed by atoms with Crippen molar-refractivity contribution in [3.05, 3.63) is 52.4 Å². The molecule has 0 fully saturated rings. The summed E-state index contributed by atoms with van der Waals surface area (Å²) in [7, 11) is 0. The van der Waals surface area contributed by atoms with Crippen molar-refractivity contribution in [1.29, 1.82) is 0 Å². The quantitative estimate of drug-likeness (QED) is 0.938. The summed E-state index contributed by atoms with van der Waals surface area (Å²) in [5.74, 6) is 0.597. The van der Waals surface area contributed by atoms with Gasteiger partial charge in [0, 0.05) is 17.8 Å². The minimum absolute atomic E-state index is 0.187. The molecule has 0 aliphatic carbocycles. The van der Waals surface area contributed by atoms with Gasteiger partial charge in [-0.05, 0) is 47.1 Å². The lowest BCUT2D eigenvalue weighted by Gasteiger charge is -2.13. The molecule has 0 amide bonds. The molecule has 0 spiro atoms. The molecule has 0 bridgehead atoms. The highest BCUT2D eigenvalue weighted by molar-refractivity contribution is 9.10. The van der Waals surface area contributed by atoms with Gasteiger partial charge in [-0.1, -0.05) is 6.07 Å². The third-order valence-electron chi connectivity index (χ3n) is 2.39. The fourth-order valence-corrected chi connectivity index (χ4v) is 1.93. The molecule has 2 N–H and O–H groups in total. The zero-order valence-corrected chi connectivity index (χ0v) is 11.3. The molecule has 2 aromatic rings. The lowest BCUT2D eigenvalue weighted by atomic mass is 10.1. The third-order valence-corrected chi connectivity index (χ3v) is 3.01. The fourth-order valence-electron chi connectivity index (χ4n) is 1.50. The zero-order valence-electron chi connectivity index (χ0n) is 9.73. The Kier molecular flexibility index (Phi) is 3.93. The molecule has 1 atom stereocenters. The number of hydrogen-bond donors (Lipinski definition) is 1. The van der Waals surface area contributed by atoms with Crippen LogP contribution in [0.5, 0.6) is 11.6 Å². The fraction of sp³-hybridized carbons (Fsp3) is 0.154. The summed E-state index contributed by atoms with van der Waals surface area (Å²) in [6, 6.07) is 7.67. The number of nitrogens with two attached hydrogens (primary N) is 1. The van der Waals surface area contributed by atoms with Crippen LogP contribution < -0.4 is 10.5 Å². The Morgan fingerprint density at radius 2 is 2.17 bits per heavy atom. The smallest absolute Gasteiger partial charge is 0.224 e. The van der Waals surface area contributed by atoms with Crippen LogP contribution in [0.2, 0.25) is 0 Å². The van der Waals surface area contributed by atoms with E-state index in [1.807, 2.05) is 13.0 Å². The molecule has 1 aromatic carbocycles. The summed E-state index contributed by atoms with van der Waals surface area (Å²) >= 11 is 3.24. The van der Waals surface area contributed by atoms with Crippen LogP contribution in [0.4, 0.5) is 4.39 Å². The van der Waals surface area contributed by atoms with Gasteiger partial charge in [0.15, 0.2) is 0 Å². The summed E-state index contributed by atoms with van der Waals surface area (Å²) in [6.07, 6.45) is 1.62. The predicted molar refractivity (Wildman–Crippen MR) is 71.0 cm³/mol. The van der Waals surface area contributed by atoms with E-state index in [2.05, 4.69) is 20.9 Å². The number of aromatic nitrogens is 1. The third kappa shape index (κ3) is 2.86. The normalized spacial score (nSPS) is 12.2. The molecule has 2 rings (SSSR count). The Hall–Kier alpha value is -1.46. The first-order valence-electron chi connectivity index (χ1n) is 5.41. The molecule has 1 aromatic heterocycles. The van der Waals surface area contributed by atoms with Crippen molar-refractivity contribution >= 4 is 15.9 Å². The van der Waals surface area contributed by atoms with Gasteiger partial charge in [-0.2, -0.15) is 0 Å². The molecular weight excluding hydrogens is 299 g/mol. The Morgan fingerprint density at radius 1 is 1.39 bits per heavy atom. The second kappa shape index (κ2) is 5.46. The van der Waals surface area contributed by atoms with E-state index in [0.29, 0.717) is 16.1 Å². The van der Waals surface area contributed by atoms with Crippen LogP contribution in [0, 0.1) is 5.82 Å². The highest BCUT2D eigenvalue weighted by Crippen LogP contribution is 2.32. The number of ether oxygens (including phenoxy) is 1. The Morgan fingerprint density at radius 3 is 2.83 bits per heavy atom. The van der Waals surface area contributed by atoms with Gasteiger partial charge in [0.2, 0.25) is 5.88 Å². The molecule has 18 heavy (non-hydrogen) atoms. The molecule has 0 unspecified atom stereocenters. The molecule has 0 aliphatic rings. The van der Waals surface area contributed by atoms with E-state index < -0.39 is 0 Å². The summed E-state index contributed by atoms with van der Waals surface area (Å²) in [5.41, 5.74) is 6.64. The summed E-state index contributed by atoms with van der Waals surface area (Å²) in [4.78, 5) is 4.14. The number of hydrogen-bond acceptors (Lipinski definition) is 3. The SMILES string of the molecule is C[C@H](N)c1cccnc1Oc1ccc(F)cc1Br. The Balaban J connectivity index is 2.34. The number of pyridine rings is 1. The van der Waals surface area contributed by atoms with Gasteiger partial charge < -0.3 is 10.5 Å². The van der Waals surface area contributed by atoms with Gasteiger partial charge in [-0.25, -0.2) is 9.37 Å². The van der Waals surface area contributed by atoms with Crippen LogP contribution in [0.3, 0.4) is 0 Å². The Labute approximate surface area is 113 Å². The van der Waals surface area contributed by atoms with Crippen LogP contribution >= 0.6 is 15.9 Å². The molecule has 5 heteroatoms. The van der Waals surface area contributed by atoms with Crippen molar-refractivity contribution < 1.29 is 9.13 Å². The van der Waals surface area contributed by atoms with Gasteiger partial charge in [0.1, 0.15) is 11.6 Å². The van der Waals surface area contributed by atoms with Gasteiger partial charge >= 0.3 is 0 Å². The van der Waals surface area contributed by atoms with E-state index in [1.54, 1.807) is 18.3 Å². The number of benzene rings is 1. The minimum Gasteiger partial charge on any atom is -0.437 e. The molecule has 3 nitrogen and oxygen atoms in total. The zero-order chi connectivity index (χ0) is 13.1. The van der Waals surface area contributed by atoms with Crippen LogP contribution in [-0.2, 0) is 0 Å². The van der Waals surface area contributed by atoms with E-state index in [1.165, 1.54) is 12.1 Å². The molecule has 0 aliphatic heterocycles. The highest BCUT2D eigenvalue weighted by atomic mass is 79.9. The Bertz CT molecular complexity index is 560. The second-order valence-corrected chi connectivity index (χ2v) is 4.72. The van der Waals surface area contributed by atoms with Gasteiger partial charge in [-0.15, -0.1) is 0 Å². The first-order valence-corrected chi connectivity index (χ1v) is 6.20.